The number of urea groups is 1. The van der Waals surface area contributed by atoms with E-state index < -0.39 is 0 Å². The van der Waals surface area contributed by atoms with Gasteiger partial charge in [-0.3, -0.25) is 0 Å². The molecule has 0 spiro atoms. The summed E-state index contributed by atoms with van der Waals surface area (Å²) in [5, 5.41) is 3.01. The Bertz CT molecular complexity index is 689. The van der Waals surface area contributed by atoms with Gasteiger partial charge in [0.05, 0.1) is 16.9 Å². The van der Waals surface area contributed by atoms with Crippen molar-refractivity contribution in [1.29, 1.82) is 0 Å². The van der Waals surface area contributed by atoms with Gasteiger partial charge in [-0.2, -0.15) is 0 Å². The number of para-hydroxylation sites is 1. The van der Waals surface area contributed by atoms with Gasteiger partial charge in [-0.25, -0.2) is 4.79 Å². The molecule has 4 nitrogen and oxygen atoms in total. The number of halogens is 1. The maximum absolute atomic E-state index is 12.2. The first-order valence-corrected chi connectivity index (χ1v) is 9.16. The minimum atomic E-state index is -0.0478. The average molecular weight is 395 g/mol. The van der Waals surface area contributed by atoms with Crippen LogP contribution in [0.5, 0.6) is 5.75 Å². The highest BCUT2D eigenvalue weighted by Gasteiger charge is 2.20. The number of nitrogens with one attached hydrogen (secondary N) is 1. The molecule has 2 amide bonds. The molecule has 0 aliphatic carbocycles. The van der Waals surface area contributed by atoms with Crippen LogP contribution in [0.1, 0.15) is 10.4 Å². The number of ether oxygens (including phenoxy) is 1. The summed E-state index contributed by atoms with van der Waals surface area (Å²) in [4.78, 5) is 15.1. The molecule has 1 N–H and O–H groups in total. The minimum Gasteiger partial charge on any atom is -0.493 e. The number of thiophene rings is 1. The summed E-state index contributed by atoms with van der Waals surface area (Å²) in [6.45, 7) is 1.90. The van der Waals surface area contributed by atoms with Crippen molar-refractivity contribution in [3.8, 4) is 5.75 Å². The minimum absolute atomic E-state index is 0.0478. The molecule has 23 heavy (non-hydrogen) atoms. The van der Waals surface area contributed by atoms with E-state index in [-0.39, 0.29) is 6.03 Å². The van der Waals surface area contributed by atoms with Gasteiger partial charge in [0.1, 0.15) is 5.75 Å². The number of carbonyl (C=O) groups is 1. The van der Waals surface area contributed by atoms with E-state index in [1.165, 1.54) is 5.56 Å². The number of amides is 2. The summed E-state index contributed by atoms with van der Waals surface area (Å²) in [5.74, 6) is 1.29. The molecule has 122 valence electrons. The number of hydrogen-bond donors (Lipinski definition) is 1. The van der Waals surface area contributed by atoms with Gasteiger partial charge < -0.3 is 15.0 Å². The van der Waals surface area contributed by atoms with Gasteiger partial charge in [-0.05, 0) is 46.1 Å². The average Bonchev–Trinajstić information content (AvgIpc) is 2.97. The SMILES string of the molecule is CN(Cc1ccc(Br)s1)C(=O)NCC1COc2ccccc2C1. The summed E-state index contributed by atoms with van der Waals surface area (Å²) in [7, 11) is 1.82. The lowest BCUT2D eigenvalue weighted by atomic mass is 9.97. The monoisotopic (exact) mass is 394 g/mol. The summed E-state index contributed by atoms with van der Waals surface area (Å²) in [5.41, 5.74) is 1.22. The largest absolute Gasteiger partial charge is 0.493 e. The third-order valence-electron chi connectivity index (χ3n) is 3.87. The van der Waals surface area contributed by atoms with Gasteiger partial charge in [-0.1, -0.05) is 18.2 Å². The predicted octanol–water partition coefficient (Wildman–Crippen LogP) is 3.90. The second-order valence-electron chi connectivity index (χ2n) is 5.74. The van der Waals surface area contributed by atoms with Gasteiger partial charge in [0.2, 0.25) is 0 Å². The lowest BCUT2D eigenvalue weighted by Crippen LogP contribution is -2.41. The van der Waals surface area contributed by atoms with Crippen LogP contribution in [0.3, 0.4) is 0 Å². The van der Waals surface area contributed by atoms with Gasteiger partial charge in [0.25, 0.3) is 0 Å². The number of nitrogens with zero attached hydrogens (tertiary/aromatic N) is 1. The molecular formula is C17H19BrN2O2S. The van der Waals surface area contributed by atoms with Crippen molar-refractivity contribution in [2.24, 2.45) is 5.92 Å². The molecule has 1 unspecified atom stereocenters. The molecule has 0 bridgehead atoms. The van der Waals surface area contributed by atoms with Crippen molar-refractivity contribution in [3.05, 3.63) is 50.6 Å². The third-order valence-corrected chi connectivity index (χ3v) is 5.47. The molecule has 1 aromatic carbocycles. The number of fused-ring (bicyclic) bond motifs is 1. The molecule has 6 heteroatoms. The molecule has 1 aliphatic heterocycles. The Morgan fingerprint density at radius 3 is 3.00 bits per heavy atom. The topological polar surface area (TPSA) is 41.6 Å². The molecule has 0 radical (unpaired) electrons. The quantitative estimate of drug-likeness (QED) is 0.853. The second kappa shape index (κ2) is 7.36. The van der Waals surface area contributed by atoms with Crippen LogP contribution in [0.25, 0.3) is 0 Å². The van der Waals surface area contributed by atoms with Gasteiger partial charge in [-0.15, -0.1) is 11.3 Å². The van der Waals surface area contributed by atoms with Crippen molar-refractivity contribution in [2.75, 3.05) is 20.2 Å². The maximum atomic E-state index is 12.2. The molecule has 0 saturated heterocycles. The smallest absolute Gasteiger partial charge is 0.317 e. The van der Waals surface area contributed by atoms with Crippen LogP contribution in [-0.4, -0.2) is 31.1 Å². The fourth-order valence-corrected chi connectivity index (χ4v) is 4.17. The summed E-state index contributed by atoms with van der Waals surface area (Å²) < 4.78 is 6.84. The van der Waals surface area contributed by atoms with Crippen LogP contribution >= 0.6 is 27.3 Å². The van der Waals surface area contributed by atoms with E-state index in [0.29, 0.717) is 25.6 Å². The number of rotatable bonds is 4. The van der Waals surface area contributed by atoms with Gasteiger partial charge >= 0.3 is 6.03 Å². The van der Waals surface area contributed by atoms with E-state index >= 15 is 0 Å². The number of hydrogen-bond acceptors (Lipinski definition) is 3. The van der Waals surface area contributed by atoms with E-state index in [4.69, 9.17) is 4.74 Å². The fraction of sp³-hybridized carbons (Fsp3) is 0.353. The Morgan fingerprint density at radius 2 is 2.22 bits per heavy atom. The maximum Gasteiger partial charge on any atom is 0.317 e. The Morgan fingerprint density at radius 1 is 1.39 bits per heavy atom. The van der Waals surface area contributed by atoms with E-state index in [1.54, 1.807) is 16.2 Å². The molecule has 1 aliphatic rings. The standard InChI is InChI=1S/C17H19BrN2O2S/c1-20(10-14-6-7-16(18)23-14)17(21)19-9-12-8-13-4-2-3-5-15(13)22-11-12/h2-7,12H,8-11H2,1H3,(H,19,21). The van der Waals surface area contributed by atoms with E-state index in [0.717, 1.165) is 20.8 Å². The number of carbonyl (C=O) groups excluding carboxylic acids is 1. The highest BCUT2D eigenvalue weighted by Crippen LogP contribution is 2.26. The van der Waals surface area contributed by atoms with Crippen LogP contribution in [-0.2, 0) is 13.0 Å². The van der Waals surface area contributed by atoms with Crippen LogP contribution in [0, 0.1) is 5.92 Å². The fourth-order valence-electron chi connectivity index (χ4n) is 2.63. The molecule has 1 aromatic heterocycles. The first-order chi connectivity index (χ1) is 11.1. The van der Waals surface area contributed by atoms with Crippen LogP contribution < -0.4 is 10.1 Å². The van der Waals surface area contributed by atoms with Crippen LogP contribution in [0.15, 0.2) is 40.2 Å². The highest BCUT2D eigenvalue weighted by atomic mass is 79.9. The normalized spacial score (nSPS) is 16.3. The molecule has 2 heterocycles. The van der Waals surface area contributed by atoms with Crippen molar-refractivity contribution < 1.29 is 9.53 Å². The Kier molecular flexibility index (Phi) is 5.23. The lowest BCUT2D eigenvalue weighted by Gasteiger charge is -2.26. The zero-order valence-corrected chi connectivity index (χ0v) is 15.3. The Hall–Kier alpha value is -1.53. The molecule has 0 saturated carbocycles. The Balaban J connectivity index is 1.47. The summed E-state index contributed by atoms with van der Waals surface area (Å²) in [6.07, 6.45) is 0.942. The van der Waals surface area contributed by atoms with Gasteiger partial charge in [0.15, 0.2) is 0 Å². The summed E-state index contributed by atoms with van der Waals surface area (Å²) in [6, 6.07) is 12.1. The summed E-state index contributed by atoms with van der Waals surface area (Å²) >= 11 is 5.09. The van der Waals surface area contributed by atoms with E-state index in [2.05, 4.69) is 27.3 Å². The van der Waals surface area contributed by atoms with Crippen LogP contribution in [0.4, 0.5) is 4.79 Å². The zero-order chi connectivity index (χ0) is 16.2. The van der Waals surface area contributed by atoms with Crippen molar-refractivity contribution in [3.63, 3.8) is 0 Å². The molecule has 0 fully saturated rings. The molecule has 2 aromatic rings. The van der Waals surface area contributed by atoms with E-state index in [9.17, 15) is 4.79 Å². The molecule has 3 rings (SSSR count). The van der Waals surface area contributed by atoms with Crippen molar-refractivity contribution in [1.82, 2.24) is 10.2 Å². The lowest BCUT2D eigenvalue weighted by molar-refractivity contribution is 0.193. The molecular weight excluding hydrogens is 376 g/mol. The number of benzene rings is 1. The zero-order valence-electron chi connectivity index (χ0n) is 12.9. The second-order valence-corrected chi connectivity index (χ2v) is 8.28. The molecule has 1 atom stereocenters. The van der Waals surface area contributed by atoms with Crippen LogP contribution in [0.2, 0.25) is 0 Å². The van der Waals surface area contributed by atoms with Crippen molar-refractivity contribution in [2.45, 2.75) is 13.0 Å². The third kappa shape index (κ3) is 4.26. The van der Waals surface area contributed by atoms with Crippen molar-refractivity contribution >= 4 is 33.3 Å². The predicted molar refractivity (Wildman–Crippen MR) is 96.0 cm³/mol. The first-order valence-electron chi connectivity index (χ1n) is 7.55. The Labute approximate surface area is 148 Å². The van der Waals surface area contributed by atoms with E-state index in [1.807, 2.05) is 37.4 Å². The highest BCUT2D eigenvalue weighted by molar-refractivity contribution is 9.11. The first kappa shape index (κ1) is 16.3. The van der Waals surface area contributed by atoms with Gasteiger partial charge in [0, 0.05) is 24.4 Å².